The van der Waals surface area contributed by atoms with Gasteiger partial charge in [0.15, 0.2) is 5.11 Å². The van der Waals surface area contributed by atoms with E-state index in [1.54, 1.807) is 7.11 Å². The highest BCUT2D eigenvalue weighted by molar-refractivity contribution is 7.80. The van der Waals surface area contributed by atoms with Gasteiger partial charge in [-0.1, -0.05) is 60.7 Å². The van der Waals surface area contributed by atoms with Crippen LogP contribution in [0.2, 0.25) is 0 Å². The molecule has 0 aliphatic rings. The molecular formula is C21H20N2OS. The zero-order valence-corrected chi connectivity index (χ0v) is 14.8. The highest BCUT2D eigenvalue weighted by Crippen LogP contribution is 2.24. The van der Waals surface area contributed by atoms with Crippen molar-refractivity contribution in [2.24, 2.45) is 0 Å². The van der Waals surface area contributed by atoms with Gasteiger partial charge in [-0.15, -0.1) is 0 Å². The summed E-state index contributed by atoms with van der Waals surface area (Å²) in [4.78, 5) is 0. The lowest BCUT2D eigenvalue weighted by atomic mass is 9.99. The number of benzene rings is 3. The summed E-state index contributed by atoms with van der Waals surface area (Å²) in [6.07, 6.45) is 0. The van der Waals surface area contributed by atoms with Gasteiger partial charge in [-0.3, -0.25) is 0 Å². The van der Waals surface area contributed by atoms with E-state index < -0.39 is 0 Å². The minimum Gasteiger partial charge on any atom is -0.497 e. The largest absolute Gasteiger partial charge is 0.497 e. The molecule has 0 aliphatic heterocycles. The van der Waals surface area contributed by atoms with Crippen molar-refractivity contribution in [1.82, 2.24) is 5.32 Å². The highest BCUT2D eigenvalue weighted by Gasteiger charge is 2.15. The molecule has 25 heavy (non-hydrogen) atoms. The zero-order chi connectivity index (χ0) is 17.5. The molecule has 3 nitrogen and oxygen atoms in total. The van der Waals surface area contributed by atoms with E-state index in [1.807, 2.05) is 60.7 Å². The monoisotopic (exact) mass is 348 g/mol. The van der Waals surface area contributed by atoms with Crippen LogP contribution in [0.1, 0.15) is 17.2 Å². The molecule has 4 heteroatoms. The Hall–Kier alpha value is -2.85. The molecule has 0 bridgehead atoms. The number of thiocarbonyl (C=S) groups is 1. The van der Waals surface area contributed by atoms with Gasteiger partial charge in [0.2, 0.25) is 0 Å². The first-order chi connectivity index (χ1) is 12.3. The van der Waals surface area contributed by atoms with Crippen LogP contribution in [-0.4, -0.2) is 12.2 Å². The summed E-state index contributed by atoms with van der Waals surface area (Å²) in [7, 11) is 1.67. The predicted octanol–water partition coefficient (Wildman–Crippen LogP) is 4.77. The van der Waals surface area contributed by atoms with E-state index in [4.69, 9.17) is 17.0 Å². The number of hydrogen-bond donors (Lipinski definition) is 2. The van der Waals surface area contributed by atoms with Crippen molar-refractivity contribution in [3.63, 3.8) is 0 Å². The van der Waals surface area contributed by atoms with Gasteiger partial charge in [0, 0.05) is 5.69 Å². The summed E-state index contributed by atoms with van der Waals surface area (Å²) in [5.41, 5.74) is 3.22. The van der Waals surface area contributed by atoms with Crippen molar-refractivity contribution >= 4 is 23.0 Å². The summed E-state index contributed by atoms with van der Waals surface area (Å²) < 4.78 is 5.26. The van der Waals surface area contributed by atoms with Crippen molar-refractivity contribution in [2.75, 3.05) is 12.4 Å². The van der Waals surface area contributed by atoms with E-state index >= 15 is 0 Å². The van der Waals surface area contributed by atoms with Crippen LogP contribution in [0.15, 0.2) is 84.9 Å². The molecule has 0 radical (unpaired) electrons. The first-order valence-electron chi connectivity index (χ1n) is 8.08. The first kappa shape index (κ1) is 17.0. The molecule has 0 unspecified atom stereocenters. The zero-order valence-electron chi connectivity index (χ0n) is 14.0. The van der Waals surface area contributed by atoms with Gasteiger partial charge in [-0.2, -0.15) is 0 Å². The number of ether oxygens (including phenoxy) is 1. The van der Waals surface area contributed by atoms with Crippen molar-refractivity contribution in [3.05, 3.63) is 96.1 Å². The molecule has 126 valence electrons. The van der Waals surface area contributed by atoms with Crippen LogP contribution in [-0.2, 0) is 0 Å². The van der Waals surface area contributed by atoms with Gasteiger partial charge in [-0.05, 0) is 47.6 Å². The fraction of sp³-hybridized carbons (Fsp3) is 0.0952. The second kappa shape index (κ2) is 8.31. The maximum Gasteiger partial charge on any atom is 0.171 e. The van der Waals surface area contributed by atoms with E-state index in [9.17, 15) is 0 Å². The Balaban J connectivity index is 1.82. The third-order valence-corrected chi connectivity index (χ3v) is 4.11. The SMILES string of the molecule is COc1ccc([C@@H](NC(=S)Nc2ccccc2)c2ccccc2)cc1. The Kier molecular flexibility index (Phi) is 5.65. The quantitative estimate of drug-likeness (QED) is 0.651. The number of anilines is 1. The molecule has 1 atom stereocenters. The molecule has 0 saturated heterocycles. The van der Waals surface area contributed by atoms with Gasteiger partial charge in [0.25, 0.3) is 0 Å². The van der Waals surface area contributed by atoms with Crippen LogP contribution in [0.3, 0.4) is 0 Å². The fourth-order valence-corrected chi connectivity index (χ4v) is 2.86. The van der Waals surface area contributed by atoms with Crippen LogP contribution in [0.5, 0.6) is 5.75 Å². The topological polar surface area (TPSA) is 33.3 Å². The summed E-state index contributed by atoms with van der Waals surface area (Å²) in [5.74, 6) is 0.834. The molecule has 0 fully saturated rings. The van der Waals surface area contributed by atoms with Crippen molar-refractivity contribution in [3.8, 4) is 5.75 Å². The third-order valence-electron chi connectivity index (χ3n) is 3.89. The number of methoxy groups -OCH3 is 1. The minimum absolute atomic E-state index is 0.0455. The van der Waals surface area contributed by atoms with Crippen LogP contribution >= 0.6 is 12.2 Å². The molecule has 3 rings (SSSR count). The standard InChI is InChI=1S/C21H20N2OS/c1-24-19-14-12-17(13-15-19)20(16-8-4-2-5-9-16)23-21(25)22-18-10-6-3-7-11-18/h2-15,20H,1H3,(H2,22,23,25)/t20-/m0/s1. The number of rotatable bonds is 5. The number of hydrogen-bond acceptors (Lipinski definition) is 2. The molecular weight excluding hydrogens is 328 g/mol. The third kappa shape index (κ3) is 4.58. The van der Waals surface area contributed by atoms with Gasteiger partial charge in [0.1, 0.15) is 5.75 Å². The summed E-state index contributed by atoms with van der Waals surface area (Å²) in [5, 5.41) is 7.22. The van der Waals surface area contributed by atoms with E-state index in [1.165, 1.54) is 0 Å². The fourth-order valence-electron chi connectivity index (χ4n) is 2.62. The Labute approximate surface area is 153 Å². The van der Waals surface area contributed by atoms with Crippen LogP contribution in [0, 0.1) is 0 Å². The Morgan fingerprint density at radius 1 is 0.800 bits per heavy atom. The normalized spacial score (nSPS) is 11.4. The molecule has 2 N–H and O–H groups in total. The summed E-state index contributed by atoms with van der Waals surface area (Å²) in [6.45, 7) is 0. The average molecular weight is 348 g/mol. The molecule has 0 aliphatic carbocycles. The Morgan fingerprint density at radius 3 is 1.96 bits per heavy atom. The maximum atomic E-state index is 5.51. The van der Waals surface area contributed by atoms with Crippen LogP contribution in [0.4, 0.5) is 5.69 Å². The first-order valence-corrected chi connectivity index (χ1v) is 8.48. The van der Waals surface area contributed by atoms with E-state index in [-0.39, 0.29) is 6.04 Å². The number of nitrogens with one attached hydrogen (secondary N) is 2. The van der Waals surface area contributed by atoms with Crippen LogP contribution in [0.25, 0.3) is 0 Å². The van der Waals surface area contributed by atoms with Gasteiger partial charge >= 0.3 is 0 Å². The Bertz CT molecular complexity index is 804. The van der Waals surface area contributed by atoms with Crippen molar-refractivity contribution in [1.29, 1.82) is 0 Å². The lowest BCUT2D eigenvalue weighted by molar-refractivity contribution is 0.414. The smallest absolute Gasteiger partial charge is 0.171 e. The molecule has 0 amide bonds. The molecule has 3 aromatic carbocycles. The molecule has 0 saturated carbocycles. The van der Waals surface area contributed by atoms with E-state index in [0.29, 0.717) is 5.11 Å². The van der Waals surface area contributed by atoms with Gasteiger partial charge < -0.3 is 15.4 Å². The minimum atomic E-state index is -0.0455. The summed E-state index contributed by atoms with van der Waals surface area (Å²) in [6, 6.07) is 28.1. The predicted molar refractivity (Wildman–Crippen MR) is 107 cm³/mol. The van der Waals surface area contributed by atoms with Crippen LogP contribution < -0.4 is 15.4 Å². The van der Waals surface area contributed by atoms with Crippen molar-refractivity contribution in [2.45, 2.75) is 6.04 Å². The molecule has 3 aromatic rings. The maximum absolute atomic E-state index is 5.51. The molecule has 0 spiro atoms. The summed E-state index contributed by atoms with van der Waals surface area (Å²) >= 11 is 5.51. The lowest BCUT2D eigenvalue weighted by Crippen LogP contribution is -2.33. The van der Waals surface area contributed by atoms with E-state index in [0.717, 1.165) is 22.6 Å². The van der Waals surface area contributed by atoms with E-state index in [2.05, 4.69) is 34.9 Å². The molecule has 0 aromatic heterocycles. The van der Waals surface area contributed by atoms with Crippen molar-refractivity contribution < 1.29 is 4.74 Å². The lowest BCUT2D eigenvalue weighted by Gasteiger charge is -2.22. The highest BCUT2D eigenvalue weighted by atomic mass is 32.1. The Morgan fingerprint density at radius 2 is 1.36 bits per heavy atom. The molecule has 0 heterocycles. The van der Waals surface area contributed by atoms with Gasteiger partial charge in [0.05, 0.1) is 13.2 Å². The average Bonchev–Trinajstić information content (AvgIpc) is 2.68. The number of para-hydroxylation sites is 1. The van der Waals surface area contributed by atoms with Gasteiger partial charge in [-0.25, -0.2) is 0 Å². The second-order valence-corrected chi connectivity index (χ2v) is 5.99. The second-order valence-electron chi connectivity index (χ2n) is 5.58.